The predicted octanol–water partition coefficient (Wildman–Crippen LogP) is 4.39. The molecule has 0 spiro atoms. The summed E-state index contributed by atoms with van der Waals surface area (Å²) >= 11 is 2.00. The Morgan fingerprint density at radius 2 is 2.00 bits per heavy atom. The minimum atomic E-state index is -0.367. The van der Waals surface area contributed by atoms with Crippen LogP contribution in [0.2, 0.25) is 0 Å². The molecule has 3 rings (SSSR count). The Hall–Kier alpha value is -2.35. The second-order valence-corrected chi connectivity index (χ2v) is 8.34. The van der Waals surface area contributed by atoms with Crippen LogP contribution < -0.4 is 10.3 Å². The number of aromatic hydroxyl groups is 1. The molecule has 5 nitrogen and oxygen atoms in total. The number of nitrogens with one attached hydrogen (secondary N) is 1. The van der Waals surface area contributed by atoms with Gasteiger partial charge in [-0.05, 0) is 84.8 Å². The summed E-state index contributed by atoms with van der Waals surface area (Å²) in [6, 6.07) is 10.9. The fraction of sp³-hybridized carbons (Fsp3) is 0.238. The van der Waals surface area contributed by atoms with Gasteiger partial charge in [0.2, 0.25) is 0 Å². The monoisotopic (exact) mass is 475 g/mol. The third kappa shape index (κ3) is 4.00. The second kappa shape index (κ2) is 7.34. The fourth-order valence-corrected chi connectivity index (χ4v) is 3.48. The van der Waals surface area contributed by atoms with Crippen molar-refractivity contribution >= 4 is 46.0 Å². The van der Waals surface area contributed by atoms with Crippen LogP contribution in [0.3, 0.4) is 0 Å². The minimum Gasteiger partial charge on any atom is -0.507 e. The van der Waals surface area contributed by atoms with Crippen LogP contribution in [0.15, 0.2) is 47.6 Å². The van der Waals surface area contributed by atoms with E-state index < -0.39 is 0 Å². The van der Waals surface area contributed by atoms with Crippen molar-refractivity contribution in [3.05, 3.63) is 62.7 Å². The largest absolute Gasteiger partial charge is 0.507 e. The molecule has 0 bridgehead atoms. The number of fused-ring (bicyclic) bond motifs is 1. The van der Waals surface area contributed by atoms with E-state index in [1.165, 1.54) is 17.3 Å². The van der Waals surface area contributed by atoms with Gasteiger partial charge in [0.25, 0.3) is 5.91 Å². The molecule has 1 heterocycles. The van der Waals surface area contributed by atoms with Crippen molar-refractivity contribution in [3.8, 4) is 5.75 Å². The number of nitrogens with zero attached hydrogens (tertiary/aromatic N) is 2. The number of amides is 1. The maximum absolute atomic E-state index is 12.1. The predicted molar refractivity (Wildman–Crippen MR) is 118 cm³/mol. The van der Waals surface area contributed by atoms with Gasteiger partial charge in [-0.1, -0.05) is 12.1 Å². The molecule has 0 aromatic heterocycles. The van der Waals surface area contributed by atoms with Crippen molar-refractivity contribution in [3.63, 3.8) is 0 Å². The highest BCUT2D eigenvalue weighted by molar-refractivity contribution is 14.1. The summed E-state index contributed by atoms with van der Waals surface area (Å²) in [5.74, 6) is -0.287. The summed E-state index contributed by atoms with van der Waals surface area (Å²) in [6.07, 6.45) is 3.87. The molecule has 1 aliphatic heterocycles. The van der Waals surface area contributed by atoms with E-state index in [-0.39, 0.29) is 17.2 Å². The number of hydrogen-bond donors (Lipinski definition) is 2. The van der Waals surface area contributed by atoms with Crippen molar-refractivity contribution < 1.29 is 9.90 Å². The van der Waals surface area contributed by atoms with Gasteiger partial charge in [-0.3, -0.25) is 4.79 Å². The molecule has 1 amide bonds. The summed E-state index contributed by atoms with van der Waals surface area (Å²) in [6.45, 7) is 6.49. The average molecular weight is 475 g/mol. The second-order valence-electron chi connectivity index (χ2n) is 7.18. The number of hydrogen-bond acceptors (Lipinski definition) is 4. The molecule has 2 N–H and O–H groups in total. The zero-order valence-electron chi connectivity index (χ0n) is 15.7. The van der Waals surface area contributed by atoms with Gasteiger partial charge in [-0.25, -0.2) is 5.43 Å². The van der Waals surface area contributed by atoms with Gasteiger partial charge in [0.05, 0.1) is 15.3 Å². The number of allylic oxidation sites excluding steroid dienone is 1. The van der Waals surface area contributed by atoms with Crippen molar-refractivity contribution in [2.75, 3.05) is 11.9 Å². The van der Waals surface area contributed by atoms with Gasteiger partial charge in [-0.2, -0.15) is 5.10 Å². The molecule has 140 valence electrons. The van der Waals surface area contributed by atoms with E-state index in [2.05, 4.69) is 61.5 Å². The van der Waals surface area contributed by atoms with Gasteiger partial charge in [0, 0.05) is 23.9 Å². The lowest BCUT2D eigenvalue weighted by atomic mass is 9.89. The molecule has 0 radical (unpaired) electrons. The third-order valence-electron chi connectivity index (χ3n) is 4.83. The van der Waals surface area contributed by atoms with E-state index in [0.29, 0.717) is 9.13 Å². The van der Waals surface area contributed by atoms with Gasteiger partial charge < -0.3 is 10.0 Å². The number of carbonyl (C=O) groups excluding carboxylic acids is 1. The first-order valence-electron chi connectivity index (χ1n) is 8.59. The maximum atomic E-state index is 12.1. The Kier molecular flexibility index (Phi) is 5.28. The molecule has 0 aliphatic carbocycles. The lowest BCUT2D eigenvalue weighted by Crippen LogP contribution is -2.42. The topological polar surface area (TPSA) is 64.9 Å². The standard InChI is InChI=1S/C21H22IN3O2/c1-13-11-21(2,3)25(4)18-8-5-14(9-16(13)18)12-23-24-20(27)15-6-7-17(22)19(26)10-15/h5-12,26H,1-4H3,(H,24,27)/b23-12-. The molecule has 1 aliphatic rings. The van der Waals surface area contributed by atoms with E-state index in [0.717, 1.165) is 11.1 Å². The first kappa shape index (κ1) is 19.4. The molecule has 0 atom stereocenters. The van der Waals surface area contributed by atoms with Gasteiger partial charge in [0.1, 0.15) is 5.75 Å². The van der Waals surface area contributed by atoms with E-state index in [1.807, 2.05) is 28.7 Å². The smallest absolute Gasteiger partial charge is 0.271 e. The highest BCUT2D eigenvalue weighted by atomic mass is 127. The molecule has 2 aromatic carbocycles. The lowest BCUT2D eigenvalue weighted by molar-refractivity contribution is 0.0954. The summed E-state index contributed by atoms with van der Waals surface area (Å²) in [5, 5.41) is 13.8. The van der Waals surface area contributed by atoms with E-state index >= 15 is 0 Å². The molecule has 0 saturated carbocycles. The summed E-state index contributed by atoms with van der Waals surface area (Å²) in [4.78, 5) is 14.4. The lowest BCUT2D eigenvalue weighted by Gasteiger charge is -2.40. The number of carbonyl (C=O) groups is 1. The maximum Gasteiger partial charge on any atom is 0.271 e. The fourth-order valence-electron chi connectivity index (χ4n) is 3.14. The van der Waals surface area contributed by atoms with Crippen molar-refractivity contribution in [2.45, 2.75) is 26.3 Å². The molecule has 2 aromatic rings. The zero-order valence-corrected chi connectivity index (χ0v) is 17.9. The average Bonchev–Trinajstić information content (AvgIpc) is 2.61. The van der Waals surface area contributed by atoms with E-state index in [1.54, 1.807) is 18.3 Å². The molecular weight excluding hydrogens is 453 g/mol. The van der Waals surface area contributed by atoms with Crippen LogP contribution in [0.5, 0.6) is 5.75 Å². The Bertz CT molecular complexity index is 964. The molecular formula is C21H22IN3O2. The van der Waals surface area contributed by atoms with Crippen LogP contribution in [0.1, 0.15) is 42.3 Å². The molecule has 0 unspecified atom stereocenters. The summed E-state index contributed by atoms with van der Waals surface area (Å²) < 4.78 is 0.693. The normalized spacial score (nSPS) is 15.4. The molecule has 6 heteroatoms. The van der Waals surface area contributed by atoms with Crippen molar-refractivity contribution in [1.82, 2.24) is 5.43 Å². The quantitative estimate of drug-likeness (QED) is 0.393. The summed E-state index contributed by atoms with van der Waals surface area (Å²) in [7, 11) is 2.09. The van der Waals surface area contributed by atoms with Crippen LogP contribution in [0, 0.1) is 3.57 Å². The number of likely N-dealkylation sites (N-methyl/N-ethyl adjacent to an activating group) is 1. The number of halogens is 1. The van der Waals surface area contributed by atoms with E-state index in [4.69, 9.17) is 0 Å². The third-order valence-corrected chi connectivity index (χ3v) is 5.74. The number of phenolic OH excluding ortho intramolecular Hbond substituents is 1. The number of hydrazone groups is 1. The van der Waals surface area contributed by atoms with Gasteiger partial charge in [-0.15, -0.1) is 0 Å². The Morgan fingerprint density at radius 1 is 1.26 bits per heavy atom. The van der Waals surface area contributed by atoms with Crippen LogP contribution in [-0.2, 0) is 0 Å². The van der Waals surface area contributed by atoms with Crippen molar-refractivity contribution in [2.24, 2.45) is 5.10 Å². The highest BCUT2D eigenvalue weighted by Crippen LogP contribution is 2.37. The minimum absolute atomic E-state index is 0.0281. The Morgan fingerprint density at radius 3 is 2.70 bits per heavy atom. The highest BCUT2D eigenvalue weighted by Gasteiger charge is 2.28. The Balaban J connectivity index is 1.76. The molecule has 0 fully saturated rings. The Labute approximate surface area is 172 Å². The van der Waals surface area contributed by atoms with Crippen LogP contribution in [0.25, 0.3) is 5.57 Å². The van der Waals surface area contributed by atoms with E-state index in [9.17, 15) is 9.90 Å². The number of anilines is 1. The SMILES string of the molecule is CC1=CC(C)(C)N(C)c2ccc(/C=N\NC(=O)c3ccc(I)c(O)c3)cc21. The van der Waals surface area contributed by atoms with Crippen LogP contribution in [0.4, 0.5) is 5.69 Å². The van der Waals surface area contributed by atoms with Gasteiger partial charge in [0.15, 0.2) is 0 Å². The first-order chi connectivity index (χ1) is 12.7. The van der Waals surface area contributed by atoms with Gasteiger partial charge >= 0.3 is 0 Å². The summed E-state index contributed by atoms with van der Waals surface area (Å²) in [5.41, 5.74) is 7.30. The number of benzene rings is 2. The van der Waals surface area contributed by atoms with Crippen LogP contribution in [-0.4, -0.2) is 29.8 Å². The van der Waals surface area contributed by atoms with Crippen LogP contribution >= 0.6 is 22.6 Å². The number of phenols is 1. The number of rotatable bonds is 3. The molecule has 0 saturated heterocycles. The molecule has 27 heavy (non-hydrogen) atoms. The van der Waals surface area contributed by atoms with Crippen molar-refractivity contribution in [1.29, 1.82) is 0 Å². The first-order valence-corrected chi connectivity index (χ1v) is 9.66. The zero-order chi connectivity index (χ0) is 19.8.